The van der Waals surface area contributed by atoms with E-state index in [9.17, 15) is 9.59 Å². The Morgan fingerprint density at radius 2 is 1.71 bits per heavy atom. The molecule has 31 heavy (non-hydrogen) atoms. The Bertz CT molecular complexity index is 928. The van der Waals surface area contributed by atoms with Gasteiger partial charge in [-0.1, -0.05) is 41.4 Å². The molecule has 2 aromatic rings. The van der Waals surface area contributed by atoms with Crippen LogP contribution < -0.4 is 14.8 Å². The Kier molecular flexibility index (Phi) is 8.60. The van der Waals surface area contributed by atoms with Crippen LogP contribution in [0.5, 0.6) is 11.5 Å². The number of hydrogen-bond acceptors (Lipinski definition) is 4. The number of nitrogens with zero attached hydrogens (tertiary/aromatic N) is 1. The van der Waals surface area contributed by atoms with Crippen LogP contribution in [0.3, 0.4) is 0 Å². The molecular formula is C23H28Cl2N2O4. The van der Waals surface area contributed by atoms with E-state index in [4.69, 9.17) is 32.7 Å². The van der Waals surface area contributed by atoms with Crippen LogP contribution in [0.2, 0.25) is 10.0 Å². The number of benzene rings is 2. The summed E-state index contributed by atoms with van der Waals surface area (Å²) in [5.41, 5.74) is 0.313. The molecule has 0 aliphatic rings. The molecule has 0 aliphatic heterocycles. The first-order valence-electron chi connectivity index (χ1n) is 9.83. The van der Waals surface area contributed by atoms with Gasteiger partial charge in [-0.15, -0.1) is 0 Å². The first kappa shape index (κ1) is 24.8. The van der Waals surface area contributed by atoms with Gasteiger partial charge >= 0.3 is 0 Å². The molecule has 8 heteroatoms. The minimum Gasteiger partial charge on any atom is -0.493 e. The highest BCUT2D eigenvalue weighted by Gasteiger charge is 2.29. The minimum atomic E-state index is -0.734. The number of ether oxygens (including phenoxy) is 2. The molecule has 0 saturated carbocycles. The molecule has 1 atom stereocenters. The normalized spacial score (nSPS) is 12.1. The van der Waals surface area contributed by atoms with E-state index in [0.717, 1.165) is 5.56 Å². The molecule has 0 unspecified atom stereocenters. The van der Waals surface area contributed by atoms with Gasteiger partial charge in [-0.3, -0.25) is 9.59 Å². The SMILES string of the molecule is COc1ccccc1OCC(=O)N(Cc1ccc(Cl)c(Cl)c1)[C@H](C)C(=O)NC(C)(C)C. The number of carbonyl (C=O) groups is 2. The first-order valence-corrected chi connectivity index (χ1v) is 10.6. The van der Waals surface area contributed by atoms with Gasteiger partial charge in [0.05, 0.1) is 17.2 Å². The van der Waals surface area contributed by atoms with Crippen molar-refractivity contribution in [1.29, 1.82) is 0 Å². The summed E-state index contributed by atoms with van der Waals surface area (Å²) in [5, 5.41) is 3.71. The molecule has 0 radical (unpaired) electrons. The van der Waals surface area contributed by atoms with Crippen molar-refractivity contribution in [3.8, 4) is 11.5 Å². The number of amides is 2. The van der Waals surface area contributed by atoms with Crippen molar-refractivity contribution in [2.45, 2.75) is 45.8 Å². The summed E-state index contributed by atoms with van der Waals surface area (Å²) in [7, 11) is 1.53. The number of carbonyl (C=O) groups excluding carboxylic acids is 2. The predicted molar refractivity (Wildman–Crippen MR) is 123 cm³/mol. The van der Waals surface area contributed by atoms with Crippen LogP contribution in [0.4, 0.5) is 0 Å². The van der Waals surface area contributed by atoms with E-state index in [2.05, 4.69) is 5.32 Å². The summed E-state index contributed by atoms with van der Waals surface area (Å²) < 4.78 is 10.9. The van der Waals surface area contributed by atoms with E-state index in [1.165, 1.54) is 12.0 Å². The van der Waals surface area contributed by atoms with Crippen molar-refractivity contribution in [2.75, 3.05) is 13.7 Å². The van der Waals surface area contributed by atoms with Crippen LogP contribution in [-0.4, -0.2) is 42.0 Å². The fourth-order valence-electron chi connectivity index (χ4n) is 2.85. The van der Waals surface area contributed by atoms with Crippen LogP contribution in [0.25, 0.3) is 0 Å². The van der Waals surface area contributed by atoms with Crippen molar-refractivity contribution in [3.63, 3.8) is 0 Å². The number of para-hydroxylation sites is 2. The molecule has 2 aromatic carbocycles. The summed E-state index contributed by atoms with van der Waals surface area (Å²) in [6.45, 7) is 7.24. The van der Waals surface area contributed by atoms with E-state index in [-0.39, 0.29) is 25.0 Å². The molecular weight excluding hydrogens is 439 g/mol. The Morgan fingerprint density at radius 3 is 2.29 bits per heavy atom. The molecule has 168 valence electrons. The summed E-state index contributed by atoms with van der Waals surface area (Å²) in [4.78, 5) is 27.3. The van der Waals surface area contributed by atoms with Gasteiger partial charge in [0.2, 0.25) is 5.91 Å². The van der Waals surface area contributed by atoms with Crippen LogP contribution >= 0.6 is 23.2 Å². The monoisotopic (exact) mass is 466 g/mol. The second kappa shape index (κ2) is 10.7. The van der Waals surface area contributed by atoms with E-state index >= 15 is 0 Å². The number of nitrogens with one attached hydrogen (secondary N) is 1. The van der Waals surface area contributed by atoms with E-state index in [1.807, 2.05) is 26.8 Å². The number of halogens is 2. The van der Waals surface area contributed by atoms with Gasteiger partial charge in [-0.25, -0.2) is 0 Å². The van der Waals surface area contributed by atoms with E-state index in [1.54, 1.807) is 43.3 Å². The van der Waals surface area contributed by atoms with Crippen LogP contribution in [-0.2, 0) is 16.1 Å². The molecule has 6 nitrogen and oxygen atoms in total. The summed E-state index contributed by atoms with van der Waals surface area (Å²) >= 11 is 12.1. The maximum absolute atomic E-state index is 13.1. The second-order valence-corrected chi connectivity index (χ2v) is 8.94. The molecule has 0 aromatic heterocycles. The van der Waals surface area contributed by atoms with Gasteiger partial charge < -0.3 is 19.7 Å². The molecule has 2 rings (SSSR count). The maximum atomic E-state index is 13.1. The molecule has 0 saturated heterocycles. The zero-order valence-electron chi connectivity index (χ0n) is 18.4. The van der Waals surface area contributed by atoms with Crippen molar-refractivity contribution in [3.05, 3.63) is 58.1 Å². The average Bonchev–Trinajstić information content (AvgIpc) is 2.71. The third-order valence-corrected chi connectivity index (χ3v) is 5.16. The van der Waals surface area contributed by atoms with Crippen molar-refractivity contribution in [2.24, 2.45) is 0 Å². The fourth-order valence-corrected chi connectivity index (χ4v) is 3.17. The van der Waals surface area contributed by atoms with E-state index in [0.29, 0.717) is 21.5 Å². The van der Waals surface area contributed by atoms with Gasteiger partial charge in [0.1, 0.15) is 6.04 Å². The third-order valence-electron chi connectivity index (χ3n) is 4.42. The quantitative estimate of drug-likeness (QED) is 0.611. The number of hydrogen-bond donors (Lipinski definition) is 1. The Balaban J connectivity index is 2.23. The molecule has 1 N–H and O–H groups in total. The highest BCUT2D eigenvalue weighted by Crippen LogP contribution is 2.26. The minimum absolute atomic E-state index is 0.170. The molecule has 0 heterocycles. The molecule has 0 fully saturated rings. The molecule has 0 spiro atoms. The smallest absolute Gasteiger partial charge is 0.261 e. The van der Waals surface area contributed by atoms with E-state index < -0.39 is 11.6 Å². The molecule has 0 aliphatic carbocycles. The van der Waals surface area contributed by atoms with Crippen molar-refractivity contribution < 1.29 is 19.1 Å². The second-order valence-electron chi connectivity index (χ2n) is 8.12. The largest absolute Gasteiger partial charge is 0.493 e. The summed E-state index contributed by atoms with van der Waals surface area (Å²) in [5.74, 6) is 0.344. The lowest BCUT2D eigenvalue weighted by atomic mass is 10.1. The lowest BCUT2D eigenvalue weighted by Gasteiger charge is -2.31. The number of rotatable bonds is 8. The standard InChI is InChI=1S/C23H28Cl2N2O4/c1-15(22(29)26-23(2,3)4)27(13-16-10-11-17(24)18(25)12-16)21(28)14-31-20-9-7-6-8-19(20)30-5/h6-12,15H,13-14H2,1-5H3,(H,26,29)/t15-/m1/s1. The molecule has 2 amide bonds. The topological polar surface area (TPSA) is 67.9 Å². The average molecular weight is 467 g/mol. The number of methoxy groups -OCH3 is 1. The van der Waals surface area contributed by atoms with Gasteiger partial charge in [0.25, 0.3) is 5.91 Å². The Hall–Kier alpha value is -2.44. The van der Waals surface area contributed by atoms with Gasteiger partial charge in [0.15, 0.2) is 18.1 Å². The maximum Gasteiger partial charge on any atom is 0.261 e. The molecule has 0 bridgehead atoms. The van der Waals surface area contributed by atoms with Crippen molar-refractivity contribution >= 4 is 35.0 Å². The Morgan fingerprint density at radius 1 is 1.06 bits per heavy atom. The zero-order chi connectivity index (χ0) is 23.2. The van der Waals surface area contributed by atoms with Gasteiger partial charge in [0, 0.05) is 12.1 Å². The highest BCUT2D eigenvalue weighted by molar-refractivity contribution is 6.42. The van der Waals surface area contributed by atoms with Gasteiger partial charge in [-0.05, 0) is 57.5 Å². The lowest BCUT2D eigenvalue weighted by molar-refractivity contribution is -0.142. The Labute approximate surface area is 193 Å². The lowest BCUT2D eigenvalue weighted by Crippen LogP contribution is -2.53. The fraction of sp³-hybridized carbons (Fsp3) is 0.391. The zero-order valence-corrected chi connectivity index (χ0v) is 19.9. The van der Waals surface area contributed by atoms with Gasteiger partial charge in [-0.2, -0.15) is 0 Å². The summed E-state index contributed by atoms with van der Waals surface area (Å²) in [6.07, 6.45) is 0. The third kappa shape index (κ3) is 7.33. The van der Waals surface area contributed by atoms with Crippen LogP contribution in [0, 0.1) is 0 Å². The highest BCUT2D eigenvalue weighted by atomic mass is 35.5. The first-order chi connectivity index (χ1) is 14.5. The van der Waals surface area contributed by atoms with Crippen LogP contribution in [0.1, 0.15) is 33.3 Å². The van der Waals surface area contributed by atoms with Crippen LogP contribution in [0.15, 0.2) is 42.5 Å². The summed E-state index contributed by atoms with van der Waals surface area (Å²) in [6, 6.07) is 11.4. The van der Waals surface area contributed by atoms with Crippen molar-refractivity contribution in [1.82, 2.24) is 10.2 Å². The predicted octanol–water partition coefficient (Wildman–Crippen LogP) is 4.71.